The van der Waals surface area contributed by atoms with Crippen LogP contribution in [0.5, 0.6) is 5.75 Å². The molecule has 0 saturated carbocycles. The van der Waals surface area contributed by atoms with Crippen molar-refractivity contribution in [3.05, 3.63) is 90.7 Å². The van der Waals surface area contributed by atoms with Crippen LogP contribution < -0.4 is 4.18 Å². The molecule has 0 fully saturated rings. The zero-order chi connectivity index (χ0) is 28.1. The Morgan fingerprint density at radius 1 is 0.595 bits per heavy atom. The Balaban J connectivity index is 0.000000308. The van der Waals surface area contributed by atoms with Gasteiger partial charge in [0.05, 0.1) is 0 Å². The minimum Gasteiger partial charge on any atom is -0.378 e. The molecule has 0 bridgehead atoms. The highest BCUT2D eigenvalue weighted by Gasteiger charge is 2.86. The summed E-state index contributed by atoms with van der Waals surface area (Å²) in [7, 11) is -7.01. The summed E-state index contributed by atoms with van der Waals surface area (Å²) in [5.74, 6) is -17.0. The van der Waals surface area contributed by atoms with Gasteiger partial charge in [-0.3, -0.25) is 0 Å². The zero-order valence-corrected chi connectivity index (χ0v) is 19.5. The summed E-state index contributed by atoms with van der Waals surface area (Å²) in [6.07, 6.45) is -7.18. The van der Waals surface area contributed by atoms with Crippen molar-refractivity contribution in [3.8, 4) is 5.75 Å². The largest absolute Gasteiger partial charge is 0.460 e. The highest BCUT2D eigenvalue weighted by Crippen LogP contribution is 2.54. The molecule has 0 saturated heterocycles. The molecule has 0 aromatic heterocycles. The molecule has 0 atom stereocenters. The van der Waals surface area contributed by atoms with Gasteiger partial charge in [-0.05, 0) is 48.5 Å². The van der Waals surface area contributed by atoms with E-state index in [1.54, 1.807) is 11.8 Å². The van der Waals surface area contributed by atoms with Crippen LogP contribution in [0.25, 0.3) is 0 Å². The average molecular weight is 580 g/mol. The molecule has 0 N–H and O–H groups in total. The molecule has 0 aliphatic rings. The molecule has 0 aliphatic heterocycles. The molecule has 3 aromatic carbocycles. The molecule has 0 amide bonds. The van der Waals surface area contributed by atoms with Crippen LogP contribution in [-0.2, 0) is 10.1 Å². The first kappa shape index (κ1) is 30.3. The van der Waals surface area contributed by atoms with E-state index in [-0.39, 0.29) is 0 Å². The van der Waals surface area contributed by atoms with Gasteiger partial charge in [0.1, 0.15) is 11.6 Å². The monoisotopic (exact) mass is 580 g/mol. The Kier molecular flexibility index (Phi) is 9.17. The van der Waals surface area contributed by atoms with E-state index in [0.29, 0.717) is 24.3 Å². The Bertz CT molecular complexity index is 1210. The molecule has 3 nitrogen and oxygen atoms in total. The van der Waals surface area contributed by atoms with Crippen molar-refractivity contribution >= 4 is 21.9 Å². The van der Waals surface area contributed by atoms with Crippen molar-refractivity contribution in [2.75, 3.05) is 0 Å². The number of halogens is 10. The van der Waals surface area contributed by atoms with E-state index in [1.165, 1.54) is 9.79 Å². The third-order valence-electron chi connectivity index (χ3n) is 4.17. The van der Waals surface area contributed by atoms with Crippen LogP contribution in [0, 0.1) is 5.82 Å². The van der Waals surface area contributed by atoms with Gasteiger partial charge in [0.15, 0.2) is 0 Å². The molecular weight excluding hydrogens is 566 g/mol. The van der Waals surface area contributed by atoms with Crippen LogP contribution in [-0.4, -0.2) is 31.7 Å². The lowest BCUT2D eigenvalue weighted by Gasteiger charge is -2.32. The SMILES string of the molecule is O=S(=O)(Oc1ccc(F)cc1)C(F)(F)C(F)(F)C(F)(F)C(F)(F)F.c1ccc(Sc2ccccc2)cc1. The van der Waals surface area contributed by atoms with Crippen molar-refractivity contribution in [1.29, 1.82) is 0 Å². The van der Waals surface area contributed by atoms with Gasteiger partial charge in [-0.1, -0.05) is 48.2 Å². The third kappa shape index (κ3) is 6.89. The van der Waals surface area contributed by atoms with Crippen LogP contribution in [0.3, 0.4) is 0 Å². The Morgan fingerprint density at radius 3 is 1.38 bits per heavy atom. The van der Waals surface area contributed by atoms with Gasteiger partial charge in [0.25, 0.3) is 0 Å². The predicted octanol–water partition coefficient (Wildman–Crippen LogP) is 7.80. The smallest absolute Gasteiger partial charge is 0.378 e. The molecular formula is C22H14F10O3S2. The lowest BCUT2D eigenvalue weighted by atomic mass is 10.1. The van der Waals surface area contributed by atoms with Crippen LogP contribution >= 0.6 is 11.8 Å². The van der Waals surface area contributed by atoms with Crippen molar-refractivity contribution < 1.29 is 56.5 Å². The summed E-state index contributed by atoms with van der Waals surface area (Å²) in [4.78, 5) is 2.57. The lowest BCUT2D eigenvalue weighted by molar-refractivity contribution is -0.382. The Labute approximate surface area is 208 Å². The molecule has 202 valence electrons. The van der Waals surface area contributed by atoms with Gasteiger partial charge in [-0.2, -0.15) is 47.9 Å². The van der Waals surface area contributed by atoms with Gasteiger partial charge in [0, 0.05) is 9.79 Å². The van der Waals surface area contributed by atoms with Gasteiger partial charge < -0.3 is 4.18 Å². The van der Waals surface area contributed by atoms with E-state index in [4.69, 9.17) is 0 Å². The molecule has 0 unspecified atom stereocenters. The van der Waals surface area contributed by atoms with Crippen LogP contribution in [0.4, 0.5) is 43.9 Å². The van der Waals surface area contributed by atoms with E-state index < -0.39 is 45.0 Å². The van der Waals surface area contributed by atoms with Crippen LogP contribution in [0.15, 0.2) is 94.7 Å². The topological polar surface area (TPSA) is 43.4 Å². The van der Waals surface area contributed by atoms with Gasteiger partial charge >= 0.3 is 33.4 Å². The minimum absolute atomic E-state index is 0.336. The average Bonchev–Trinajstić information content (AvgIpc) is 2.81. The maximum absolute atomic E-state index is 13.3. The lowest BCUT2D eigenvalue weighted by Crippen LogP contribution is -2.63. The molecule has 15 heteroatoms. The van der Waals surface area contributed by atoms with E-state index in [9.17, 15) is 52.3 Å². The second kappa shape index (κ2) is 11.2. The maximum atomic E-state index is 13.3. The molecule has 37 heavy (non-hydrogen) atoms. The van der Waals surface area contributed by atoms with E-state index in [2.05, 4.69) is 52.7 Å². The normalized spacial score (nSPS) is 12.9. The molecule has 0 spiro atoms. The van der Waals surface area contributed by atoms with Crippen molar-refractivity contribution in [2.24, 2.45) is 0 Å². The maximum Gasteiger partial charge on any atom is 0.460 e. The number of alkyl halides is 9. The van der Waals surface area contributed by atoms with Gasteiger partial charge in [-0.15, -0.1) is 0 Å². The Hall–Kier alpha value is -2.94. The summed E-state index contributed by atoms with van der Waals surface area (Å²) in [6.45, 7) is 0. The fraction of sp³-hybridized carbons (Fsp3) is 0.182. The first-order valence-corrected chi connectivity index (χ1v) is 11.8. The minimum atomic E-state index is -7.39. The fourth-order valence-corrected chi connectivity index (χ4v) is 4.07. The highest BCUT2D eigenvalue weighted by molar-refractivity contribution is 7.99. The second-order valence-corrected chi connectivity index (χ2v) is 9.62. The van der Waals surface area contributed by atoms with E-state index in [1.807, 2.05) is 12.1 Å². The number of hydrogen-bond acceptors (Lipinski definition) is 4. The first-order valence-electron chi connectivity index (χ1n) is 9.60. The Morgan fingerprint density at radius 2 is 1.00 bits per heavy atom. The van der Waals surface area contributed by atoms with Crippen LogP contribution in [0.2, 0.25) is 0 Å². The van der Waals surface area contributed by atoms with Crippen molar-refractivity contribution in [2.45, 2.75) is 33.1 Å². The number of rotatable bonds is 7. The third-order valence-corrected chi connectivity index (χ3v) is 6.48. The van der Waals surface area contributed by atoms with Crippen molar-refractivity contribution in [1.82, 2.24) is 0 Å². The van der Waals surface area contributed by atoms with Gasteiger partial charge in [0.2, 0.25) is 0 Å². The molecule has 0 aliphatic carbocycles. The predicted molar refractivity (Wildman–Crippen MR) is 114 cm³/mol. The summed E-state index contributed by atoms with van der Waals surface area (Å²) >= 11 is 1.79. The summed E-state index contributed by atoms with van der Waals surface area (Å²) < 4.78 is 151. The second-order valence-electron chi connectivity index (χ2n) is 6.88. The molecule has 3 rings (SSSR count). The summed E-state index contributed by atoms with van der Waals surface area (Å²) in [5, 5.41) is -6.96. The quantitative estimate of drug-likeness (QED) is 0.211. The van der Waals surface area contributed by atoms with E-state index >= 15 is 0 Å². The van der Waals surface area contributed by atoms with Gasteiger partial charge in [-0.25, -0.2) is 4.39 Å². The molecule has 3 aromatic rings. The standard InChI is InChI=1S/C12H10S.C10H4F10O3S/c1-3-7-11(8-4-1)13-12-9-5-2-6-10-12;11-5-1-3-6(4-2-5)23-24(21,22)10(19,20)8(14,15)7(12,13)9(16,17)18/h1-10H;1-4H. The summed E-state index contributed by atoms with van der Waals surface area (Å²) in [6, 6.07) is 22.3. The summed E-state index contributed by atoms with van der Waals surface area (Å²) in [5.41, 5.74) is 0. The first-order chi connectivity index (χ1) is 16.9. The molecule has 0 radical (unpaired) electrons. The molecule has 0 heterocycles. The number of hydrogen-bond donors (Lipinski definition) is 0. The highest BCUT2D eigenvalue weighted by atomic mass is 32.2. The van der Waals surface area contributed by atoms with Crippen molar-refractivity contribution in [3.63, 3.8) is 0 Å². The zero-order valence-electron chi connectivity index (χ0n) is 17.9. The number of benzene rings is 3. The van der Waals surface area contributed by atoms with Crippen LogP contribution in [0.1, 0.15) is 0 Å². The van der Waals surface area contributed by atoms with E-state index in [0.717, 1.165) is 0 Å². The fourth-order valence-electron chi connectivity index (χ4n) is 2.30.